The molecule has 0 amide bonds. The lowest BCUT2D eigenvalue weighted by atomic mass is 9.86. The Morgan fingerprint density at radius 1 is 1.07 bits per heavy atom. The third-order valence-electron chi connectivity index (χ3n) is 4.63. The molecule has 3 aromatic heterocycles. The number of aromatic nitrogens is 2. The highest BCUT2D eigenvalue weighted by Crippen LogP contribution is 2.37. The van der Waals surface area contributed by atoms with Crippen LogP contribution in [0.4, 0.5) is 0 Å². The van der Waals surface area contributed by atoms with E-state index in [0.717, 1.165) is 18.1 Å². The number of para-hydroxylation sites is 1. The molecule has 0 N–H and O–H groups in total. The summed E-state index contributed by atoms with van der Waals surface area (Å²) in [5.41, 5.74) is 2.04. The summed E-state index contributed by atoms with van der Waals surface area (Å²) in [6.07, 6.45) is -15.3. The van der Waals surface area contributed by atoms with Gasteiger partial charge in [0.15, 0.2) is 0 Å². The average molecular weight is 368 g/mol. The van der Waals surface area contributed by atoms with Gasteiger partial charge in [0.1, 0.15) is 5.58 Å². The zero-order chi connectivity index (χ0) is 28.1. The van der Waals surface area contributed by atoms with Gasteiger partial charge >= 0.3 is 0 Å². The zero-order valence-electron chi connectivity index (χ0n) is 25.6. The summed E-state index contributed by atoms with van der Waals surface area (Å²) in [7, 11) is 0. The highest BCUT2D eigenvalue weighted by molar-refractivity contribution is 6.08. The van der Waals surface area contributed by atoms with Crippen LogP contribution < -0.4 is 0 Å². The van der Waals surface area contributed by atoms with Crippen LogP contribution in [0.15, 0.2) is 53.1 Å². The number of hydrogen-bond acceptors (Lipinski definition) is 3. The molecular formula is C24H24N2O. The molecule has 5 rings (SSSR count). The monoisotopic (exact) mass is 367 g/mol. The van der Waals surface area contributed by atoms with Gasteiger partial charge in [0.2, 0.25) is 5.71 Å². The largest absolute Gasteiger partial charge is 0.437 e. The maximum Gasteiger partial charge on any atom is 0.227 e. The van der Waals surface area contributed by atoms with Crippen molar-refractivity contribution in [2.45, 2.75) is 51.1 Å². The topological polar surface area (TPSA) is 38.9 Å². The van der Waals surface area contributed by atoms with Crippen molar-refractivity contribution < 1.29 is 19.5 Å². The van der Waals surface area contributed by atoms with Crippen LogP contribution in [-0.4, -0.2) is 9.97 Å². The first kappa shape index (κ1) is 8.55. The second-order valence-corrected chi connectivity index (χ2v) is 6.24. The van der Waals surface area contributed by atoms with E-state index in [0.29, 0.717) is 27.6 Å². The number of benzene rings is 1. The molecule has 1 aromatic carbocycles. The van der Waals surface area contributed by atoms with Crippen molar-refractivity contribution in [1.29, 1.82) is 0 Å². The van der Waals surface area contributed by atoms with Crippen molar-refractivity contribution in [3.8, 4) is 11.3 Å². The fourth-order valence-electron chi connectivity index (χ4n) is 3.19. The molecule has 1 aliphatic carbocycles. The zero-order valence-corrected chi connectivity index (χ0v) is 14.6. The second kappa shape index (κ2) is 6.80. The van der Waals surface area contributed by atoms with Gasteiger partial charge in [-0.25, -0.2) is 4.98 Å². The standard InChI is InChI=1S/C24H24N2O/c1-2-16-11-13-22(25-15-16)20-10-6-9-18-19-12-14-21(17-7-4-3-5-8-17)26-24(19)27-23(18)20/h6,9-15,17H,2-5,7-8H2,1H3/i3D2,4D2,5D2,7D2,8D2,17D. The minimum Gasteiger partial charge on any atom is -0.437 e. The second-order valence-electron chi connectivity index (χ2n) is 6.24. The quantitative estimate of drug-likeness (QED) is 0.407. The summed E-state index contributed by atoms with van der Waals surface area (Å²) in [5, 5.41) is 1.10. The SMILES string of the molecule is [2H]C1([2H])C([2H])([2H])C([2H])([2H])C([2H])(c2ccc3c(n2)oc2c(-c4ccc(CC)cn4)cccc23)C([2H])([2H])C1([2H])[2H]. The predicted molar refractivity (Wildman–Crippen MR) is 110 cm³/mol. The van der Waals surface area contributed by atoms with E-state index in [4.69, 9.17) is 19.5 Å². The minimum atomic E-state index is -3.60. The third-order valence-corrected chi connectivity index (χ3v) is 4.63. The van der Waals surface area contributed by atoms with Gasteiger partial charge in [0.25, 0.3) is 0 Å². The van der Waals surface area contributed by atoms with E-state index >= 15 is 0 Å². The molecule has 0 unspecified atom stereocenters. The van der Waals surface area contributed by atoms with E-state index in [1.54, 1.807) is 24.4 Å². The molecule has 3 heterocycles. The molecule has 136 valence electrons. The fraction of sp³-hybridized carbons (Fsp3) is 0.333. The van der Waals surface area contributed by atoms with E-state index in [1.165, 1.54) is 6.07 Å². The van der Waals surface area contributed by atoms with Gasteiger partial charge in [-0.05, 0) is 49.0 Å². The van der Waals surface area contributed by atoms with Crippen molar-refractivity contribution in [1.82, 2.24) is 9.97 Å². The van der Waals surface area contributed by atoms with Crippen LogP contribution in [0.2, 0.25) is 0 Å². The molecule has 1 saturated carbocycles. The van der Waals surface area contributed by atoms with Gasteiger partial charge in [0, 0.05) is 49.2 Å². The van der Waals surface area contributed by atoms with Crippen molar-refractivity contribution in [2.75, 3.05) is 0 Å². The Balaban J connectivity index is 1.75. The fourth-order valence-corrected chi connectivity index (χ4v) is 3.19. The van der Waals surface area contributed by atoms with Crippen LogP contribution in [-0.2, 0) is 6.42 Å². The summed E-state index contributed by atoms with van der Waals surface area (Å²) in [6.45, 7) is 2.02. The molecule has 27 heavy (non-hydrogen) atoms. The normalized spacial score (nSPS) is 32.1. The van der Waals surface area contributed by atoms with Crippen LogP contribution in [0.5, 0.6) is 0 Å². The molecule has 3 heteroatoms. The van der Waals surface area contributed by atoms with Gasteiger partial charge in [0.05, 0.1) is 5.69 Å². The molecule has 0 bridgehead atoms. The number of rotatable bonds is 3. The Kier molecular flexibility index (Phi) is 2.16. The third kappa shape index (κ3) is 2.91. The lowest BCUT2D eigenvalue weighted by Crippen LogP contribution is -2.06. The lowest BCUT2D eigenvalue weighted by Gasteiger charge is -2.20. The van der Waals surface area contributed by atoms with Crippen LogP contribution in [0.1, 0.15) is 71.0 Å². The maximum atomic E-state index is 8.97. The summed E-state index contributed by atoms with van der Waals surface area (Å²) in [5.74, 6) is -3.29. The number of aryl methyl sites for hydroxylation is 1. The molecule has 1 aliphatic rings. The Hall–Kier alpha value is -2.68. The van der Waals surface area contributed by atoms with Crippen LogP contribution in [0.3, 0.4) is 0 Å². The maximum absolute atomic E-state index is 8.97. The molecule has 0 radical (unpaired) electrons. The van der Waals surface area contributed by atoms with Crippen molar-refractivity contribution in [3.63, 3.8) is 0 Å². The molecular weight excluding hydrogens is 332 g/mol. The van der Waals surface area contributed by atoms with E-state index in [-0.39, 0.29) is 5.71 Å². The summed E-state index contributed by atoms with van der Waals surface area (Å²) >= 11 is 0. The Morgan fingerprint density at radius 2 is 1.96 bits per heavy atom. The molecule has 0 atom stereocenters. The van der Waals surface area contributed by atoms with E-state index in [1.807, 2.05) is 19.1 Å². The van der Waals surface area contributed by atoms with Crippen LogP contribution in [0.25, 0.3) is 33.3 Å². The minimum absolute atomic E-state index is 0.0805. The first-order chi connectivity index (χ1) is 17.5. The number of fused-ring (bicyclic) bond motifs is 3. The Bertz CT molecular complexity index is 1530. The summed E-state index contributed by atoms with van der Waals surface area (Å²) in [6, 6.07) is 11.7. The number of pyridine rings is 2. The Morgan fingerprint density at radius 3 is 2.74 bits per heavy atom. The van der Waals surface area contributed by atoms with Crippen molar-refractivity contribution >= 4 is 22.1 Å². The molecule has 3 nitrogen and oxygen atoms in total. The van der Waals surface area contributed by atoms with Crippen LogP contribution >= 0.6 is 0 Å². The molecule has 1 fully saturated rings. The summed E-state index contributed by atoms with van der Waals surface area (Å²) < 4.78 is 97.8. The van der Waals surface area contributed by atoms with Crippen LogP contribution in [0, 0.1) is 0 Å². The highest BCUT2D eigenvalue weighted by Gasteiger charge is 2.19. The van der Waals surface area contributed by atoms with Gasteiger partial charge in [-0.3, -0.25) is 4.98 Å². The first-order valence-corrected chi connectivity index (χ1v) is 8.75. The highest BCUT2D eigenvalue weighted by atomic mass is 16.3. The van der Waals surface area contributed by atoms with E-state index < -0.39 is 43.5 Å². The van der Waals surface area contributed by atoms with E-state index in [2.05, 4.69) is 9.97 Å². The molecule has 0 spiro atoms. The van der Waals surface area contributed by atoms with Gasteiger partial charge < -0.3 is 4.42 Å². The first-order valence-electron chi connectivity index (χ1n) is 14.3. The Labute approximate surface area is 174 Å². The number of nitrogens with zero attached hydrogens (tertiary/aromatic N) is 2. The average Bonchev–Trinajstić information content (AvgIpc) is 3.25. The van der Waals surface area contributed by atoms with Crippen molar-refractivity contribution in [2.24, 2.45) is 0 Å². The van der Waals surface area contributed by atoms with Gasteiger partial charge in [-0.15, -0.1) is 0 Å². The van der Waals surface area contributed by atoms with Crippen molar-refractivity contribution in [3.05, 3.63) is 59.9 Å². The lowest BCUT2D eigenvalue weighted by molar-refractivity contribution is 0.436. The number of hydrogen-bond donors (Lipinski definition) is 0. The number of furan rings is 1. The summed E-state index contributed by atoms with van der Waals surface area (Å²) in [4.78, 5) is 8.73. The van der Waals surface area contributed by atoms with Gasteiger partial charge in [-0.1, -0.05) is 44.2 Å². The van der Waals surface area contributed by atoms with E-state index in [9.17, 15) is 0 Å². The molecule has 4 aromatic rings. The molecule has 0 saturated heterocycles. The molecule has 0 aliphatic heterocycles. The predicted octanol–water partition coefficient (Wildman–Crippen LogP) is 6.65. The smallest absolute Gasteiger partial charge is 0.227 e. The van der Waals surface area contributed by atoms with Gasteiger partial charge in [-0.2, -0.15) is 0 Å².